The molecule has 30 heavy (non-hydrogen) atoms. The summed E-state index contributed by atoms with van der Waals surface area (Å²) in [5.74, 6) is 0.158. The van der Waals surface area contributed by atoms with Crippen LogP contribution in [-0.2, 0) is 14.3 Å². The molecule has 4 rings (SSSR count). The zero-order valence-corrected chi connectivity index (χ0v) is 16.7. The van der Waals surface area contributed by atoms with Gasteiger partial charge in [0.25, 0.3) is 5.91 Å². The van der Waals surface area contributed by atoms with Crippen molar-refractivity contribution in [1.82, 2.24) is 0 Å². The van der Waals surface area contributed by atoms with Gasteiger partial charge in [-0.2, -0.15) is 0 Å². The van der Waals surface area contributed by atoms with Gasteiger partial charge in [-0.1, -0.05) is 6.07 Å². The Morgan fingerprint density at radius 3 is 2.73 bits per heavy atom. The highest BCUT2D eigenvalue weighted by Gasteiger charge is 2.37. The number of likely N-dealkylation sites (N-methyl/N-ethyl adjacent to an activating group) is 1. The van der Waals surface area contributed by atoms with Crippen LogP contribution in [0.1, 0.15) is 28.4 Å². The summed E-state index contributed by atoms with van der Waals surface area (Å²) in [6, 6.07) is 8.39. The molecule has 0 aromatic heterocycles. The number of cyclic esters (lactones) is 1. The predicted octanol–water partition coefficient (Wildman–Crippen LogP) is 2.30. The second-order valence-electron chi connectivity index (χ2n) is 6.84. The molecule has 0 radical (unpaired) electrons. The Bertz CT molecular complexity index is 1050. The number of carbonyl (C=O) groups excluding carboxylic acids is 3. The molecule has 2 aromatic carbocycles. The lowest BCUT2D eigenvalue weighted by molar-refractivity contribution is -0.121. The molecule has 0 saturated heterocycles. The SMILES string of the molecule is COc1ccc2c(c1OC)C(=O)O[C@@H]2CC(=O)Nc1ccc2c(c1)OCC(=O)N2C. The monoisotopic (exact) mass is 412 g/mol. The maximum atomic E-state index is 12.6. The van der Waals surface area contributed by atoms with E-state index in [0.717, 1.165) is 0 Å². The lowest BCUT2D eigenvalue weighted by atomic mass is 10.0. The van der Waals surface area contributed by atoms with Crippen molar-refractivity contribution in [2.45, 2.75) is 12.5 Å². The quantitative estimate of drug-likeness (QED) is 0.752. The van der Waals surface area contributed by atoms with Gasteiger partial charge in [-0.05, 0) is 18.2 Å². The minimum absolute atomic E-state index is 0.0546. The van der Waals surface area contributed by atoms with E-state index in [-0.39, 0.29) is 36.2 Å². The zero-order valence-electron chi connectivity index (χ0n) is 16.7. The number of esters is 1. The minimum Gasteiger partial charge on any atom is -0.493 e. The highest BCUT2D eigenvalue weighted by Crippen LogP contribution is 2.43. The molecule has 2 aliphatic heterocycles. The number of hydrogen-bond donors (Lipinski definition) is 1. The van der Waals surface area contributed by atoms with E-state index in [1.54, 1.807) is 37.4 Å². The van der Waals surface area contributed by atoms with Gasteiger partial charge in [0.2, 0.25) is 5.91 Å². The Balaban J connectivity index is 1.50. The van der Waals surface area contributed by atoms with Gasteiger partial charge in [-0.3, -0.25) is 9.59 Å². The molecule has 2 heterocycles. The van der Waals surface area contributed by atoms with Gasteiger partial charge in [0.05, 0.1) is 26.3 Å². The Kier molecular flexibility index (Phi) is 4.94. The normalized spacial score (nSPS) is 16.9. The molecule has 2 aliphatic rings. The summed E-state index contributed by atoms with van der Waals surface area (Å²) in [4.78, 5) is 38.1. The molecular formula is C21H20N2O7. The summed E-state index contributed by atoms with van der Waals surface area (Å²) < 4.78 is 21.3. The molecule has 0 bridgehead atoms. The van der Waals surface area contributed by atoms with E-state index < -0.39 is 12.1 Å². The van der Waals surface area contributed by atoms with E-state index in [1.807, 2.05) is 0 Å². The highest BCUT2D eigenvalue weighted by atomic mass is 16.6. The second kappa shape index (κ2) is 7.58. The molecule has 0 spiro atoms. The fourth-order valence-corrected chi connectivity index (χ4v) is 3.56. The second-order valence-corrected chi connectivity index (χ2v) is 6.84. The predicted molar refractivity (Wildman–Crippen MR) is 106 cm³/mol. The first-order chi connectivity index (χ1) is 14.4. The molecule has 2 aromatic rings. The van der Waals surface area contributed by atoms with Crippen molar-refractivity contribution >= 4 is 29.2 Å². The smallest absolute Gasteiger partial charge is 0.343 e. The summed E-state index contributed by atoms with van der Waals surface area (Å²) >= 11 is 0. The van der Waals surface area contributed by atoms with E-state index in [2.05, 4.69) is 5.32 Å². The topological polar surface area (TPSA) is 103 Å². The Morgan fingerprint density at radius 2 is 2.00 bits per heavy atom. The van der Waals surface area contributed by atoms with Crippen LogP contribution in [-0.4, -0.2) is 45.7 Å². The number of benzene rings is 2. The van der Waals surface area contributed by atoms with Crippen LogP contribution in [0.15, 0.2) is 30.3 Å². The number of nitrogens with one attached hydrogen (secondary N) is 1. The molecule has 1 N–H and O–H groups in total. The van der Waals surface area contributed by atoms with Gasteiger partial charge >= 0.3 is 5.97 Å². The third-order valence-corrected chi connectivity index (χ3v) is 5.08. The number of amides is 2. The molecule has 0 aliphatic carbocycles. The standard InChI is InChI=1S/C21H20N2O7/c1-23-13-6-4-11(8-16(13)29-10-18(23)25)22-17(24)9-15-12-5-7-14(27-2)20(28-3)19(12)21(26)30-15/h4-8,15H,9-10H2,1-3H3,(H,22,24)/t15-/m1/s1. The van der Waals surface area contributed by atoms with Crippen LogP contribution < -0.4 is 24.4 Å². The molecule has 2 amide bonds. The molecule has 0 saturated carbocycles. The Labute approximate surface area is 172 Å². The minimum atomic E-state index is -0.732. The van der Waals surface area contributed by atoms with E-state index in [9.17, 15) is 14.4 Å². The number of rotatable bonds is 5. The molecule has 1 atom stereocenters. The van der Waals surface area contributed by atoms with Crippen LogP contribution in [0.4, 0.5) is 11.4 Å². The largest absolute Gasteiger partial charge is 0.493 e. The molecule has 9 nitrogen and oxygen atoms in total. The maximum absolute atomic E-state index is 12.6. The van der Waals surface area contributed by atoms with Crippen LogP contribution in [0.2, 0.25) is 0 Å². The fourth-order valence-electron chi connectivity index (χ4n) is 3.56. The van der Waals surface area contributed by atoms with Crippen molar-refractivity contribution < 1.29 is 33.3 Å². The lowest BCUT2D eigenvalue weighted by Gasteiger charge is -2.26. The number of methoxy groups -OCH3 is 2. The number of hydrogen-bond acceptors (Lipinski definition) is 7. The van der Waals surface area contributed by atoms with Gasteiger partial charge in [0, 0.05) is 24.4 Å². The summed E-state index contributed by atoms with van der Waals surface area (Å²) in [5, 5.41) is 2.77. The van der Waals surface area contributed by atoms with Crippen LogP contribution in [0.25, 0.3) is 0 Å². The van der Waals surface area contributed by atoms with Crippen LogP contribution in [0, 0.1) is 0 Å². The summed E-state index contributed by atoms with van der Waals surface area (Å²) in [5.41, 5.74) is 1.98. The molecular weight excluding hydrogens is 392 g/mol. The molecule has 0 unspecified atom stereocenters. The first-order valence-corrected chi connectivity index (χ1v) is 9.22. The van der Waals surface area contributed by atoms with E-state index in [1.165, 1.54) is 19.1 Å². The number of nitrogens with zero attached hydrogens (tertiary/aromatic N) is 1. The highest BCUT2D eigenvalue weighted by molar-refractivity contribution is 6.00. The van der Waals surface area contributed by atoms with Gasteiger partial charge in [0.1, 0.15) is 17.4 Å². The van der Waals surface area contributed by atoms with Gasteiger partial charge in [-0.25, -0.2) is 4.79 Å². The number of ether oxygens (including phenoxy) is 4. The third kappa shape index (κ3) is 3.28. The van der Waals surface area contributed by atoms with Crippen LogP contribution in [0.5, 0.6) is 17.2 Å². The number of carbonyl (C=O) groups is 3. The fraction of sp³-hybridized carbons (Fsp3) is 0.286. The number of anilines is 2. The average molecular weight is 412 g/mol. The van der Waals surface area contributed by atoms with Gasteiger partial charge in [0.15, 0.2) is 18.1 Å². The Morgan fingerprint density at radius 1 is 1.20 bits per heavy atom. The first kappa shape index (κ1) is 19.6. The summed E-state index contributed by atoms with van der Waals surface area (Å²) in [6.07, 6.45) is -0.796. The Hall–Kier alpha value is -3.75. The van der Waals surface area contributed by atoms with E-state index >= 15 is 0 Å². The number of fused-ring (bicyclic) bond motifs is 2. The van der Waals surface area contributed by atoms with E-state index in [4.69, 9.17) is 18.9 Å². The molecule has 156 valence electrons. The third-order valence-electron chi connectivity index (χ3n) is 5.08. The van der Waals surface area contributed by atoms with E-state index in [0.29, 0.717) is 28.4 Å². The molecule has 0 fully saturated rings. The summed E-state index contributed by atoms with van der Waals surface area (Å²) in [7, 11) is 4.58. The zero-order chi connectivity index (χ0) is 21.4. The van der Waals surface area contributed by atoms with Crippen LogP contribution >= 0.6 is 0 Å². The van der Waals surface area contributed by atoms with Crippen molar-refractivity contribution in [2.75, 3.05) is 38.1 Å². The van der Waals surface area contributed by atoms with Crippen molar-refractivity contribution in [3.8, 4) is 17.2 Å². The van der Waals surface area contributed by atoms with Crippen molar-refractivity contribution in [2.24, 2.45) is 0 Å². The van der Waals surface area contributed by atoms with Gasteiger partial charge < -0.3 is 29.2 Å². The van der Waals surface area contributed by atoms with Crippen molar-refractivity contribution in [1.29, 1.82) is 0 Å². The summed E-state index contributed by atoms with van der Waals surface area (Å²) in [6.45, 7) is -0.0546. The first-order valence-electron chi connectivity index (χ1n) is 9.22. The lowest BCUT2D eigenvalue weighted by Crippen LogP contribution is -2.35. The van der Waals surface area contributed by atoms with Gasteiger partial charge in [-0.15, -0.1) is 0 Å². The van der Waals surface area contributed by atoms with Crippen molar-refractivity contribution in [3.05, 3.63) is 41.5 Å². The van der Waals surface area contributed by atoms with Crippen LogP contribution in [0.3, 0.4) is 0 Å². The van der Waals surface area contributed by atoms with Crippen molar-refractivity contribution in [3.63, 3.8) is 0 Å². The maximum Gasteiger partial charge on any atom is 0.343 e. The average Bonchev–Trinajstić information content (AvgIpc) is 3.05. The molecule has 9 heteroatoms.